The molecule has 27 heavy (non-hydrogen) atoms. The third-order valence-electron chi connectivity index (χ3n) is 4.95. The second kappa shape index (κ2) is 9.28. The third-order valence-corrected chi connectivity index (χ3v) is 4.95. The Morgan fingerprint density at radius 3 is 2.63 bits per heavy atom. The minimum atomic E-state index is -0.397. The highest BCUT2D eigenvalue weighted by Crippen LogP contribution is 2.22. The summed E-state index contributed by atoms with van der Waals surface area (Å²) in [5, 5.41) is 3.33. The molecule has 3 N–H and O–H groups in total. The van der Waals surface area contributed by atoms with E-state index in [4.69, 9.17) is 10.5 Å². The monoisotopic (exact) mass is 368 g/mol. The highest BCUT2D eigenvalue weighted by molar-refractivity contribution is 5.98. The quantitative estimate of drug-likeness (QED) is 0.700. The number of methoxy groups -OCH3 is 1. The van der Waals surface area contributed by atoms with E-state index in [1.165, 1.54) is 5.69 Å². The van der Waals surface area contributed by atoms with Crippen LogP contribution >= 0.6 is 0 Å². The summed E-state index contributed by atoms with van der Waals surface area (Å²) < 4.78 is 5.32. The van der Waals surface area contributed by atoms with Crippen LogP contribution in [0.5, 0.6) is 5.75 Å². The van der Waals surface area contributed by atoms with Gasteiger partial charge in [-0.1, -0.05) is 18.2 Å². The number of hydrogen-bond acceptors (Lipinski definition) is 5. The van der Waals surface area contributed by atoms with Crippen molar-refractivity contribution in [3.8, 4) is 5.75 Å². The maximum Gasteiger partial charge on any atom is 0.250 e. The maximum absolute atomic E-state index is 11.5. The number of benzene rings is 2. The van der Waals surface area contributed by atoms with Gasteiger partial charge in [0.1, 0.15) is 5.75 Å². The molecule has 0 saturated carbocycles. The summed E-state index contributed by atoms with van der Waals surface area (Å²) in [5.74, 6) is 0.504. The number of para-hydroxylation sites is 1. The number of nitrogens with zero attached hydrogens (tertiary/aromatic N) is 2. The molecule has 0 aromatic heterocycles. The molecule has 0 bridgehead atoms. The molecule has 0 aliphatic carbocycles. The first kappa shape index (κ1) is 19.0. The van der Waals surface area contributed by atoms with Crippen LogP contribution < -0.4 is 20.7 Å². The van der Waals surface area contributed by atoms with Crippen LogP contribution in [0.4, 0.5) is 11.4 Å². The van der Waals surface area contributed by atoms with E-state index < -0.39 is 5.91 Å². The Hall–Kier alpha value is -2.73. The lowest BCUT2D eigenvalue weighted by Crippen LogP contribution is -2.46. The number of nitrogens with one attached hydrogen (secondary N) is 1. The molecule has 1 saturated heterocycles. The number of rotatable bonds is 8. The van der Waals surface area contributed by atoms with Gasteiger partial charge in [-0.25, -0.2) is 0 Å². The SMILES string of the molecule is COc1cccc(N2CCN(CCCNc3ccccc3C(N)=O)CC2)c1. The smallest absolute Gasteiger partial charge is 0.250 e. The number of anilines is 2. The fourth-order valence-electron chi connectivity index (χ4n) is 3.41. The van der Waals surface area contributed by atoms with Gasteiger partial charge in [-0.3, -0.25) is 9.69 Å². The van der Waals surface area contributed by atoms with Gasteiger partial charge in [0.05, 0.1) is 12.7 Å². The van der Waals surface area contributed by atoms with Crippen LogP contribution in [0.25, 0.3) is 0 Å². The van der Waals surface area contributed by atoms with Crippen LogP contribution in [0.3, 0.4) is 0 Å². The Bertz CT molecular complexity index is 757. The molecule has 1 fully saturated rings. The first-order valence-electron chi connectivity index (χ1n) is 9.41. The lowest BCUT2D eigenvalue weighted by molar-refractivity contribution is 0.100. The Balaban J connectivity index is 1.41. The summed E-state index contributed by atoms with van der Waals surface area (Å²) in [5.41, 5.74) is 7.99. The summed E-state index contributed by atoms with van der Waals surface area (Å²) in [6.45, 7) is 6.00. The molecule has 3 rings (SSSR count). The molecule has 6 heteroatoms. The van der Waals surface area contributed by atoms with Crippen molar-refractivity contribution in [2.24, 2.45) is 5.73 Å². The number of ether oxygens (including phenoxy) is 1. The molecule has 0 radical (unpaired) electrons. The zero-order valence-electron chi connectivity index (χ0n) is 15.9. The van der Waals surface area contributed by atoms with E-state index in [0.717, 1.165) is 57.1 Å². The van der Waals surface area contributed by atoms with Gasteiger partial charge in [0.25, 0.3) is 5.91 Å². The first-order chi connectivity index (χ1) is 13.2. The molecule has 144 valence electrons. The fraction of sp³-hybridized carbons (Fsp3) is 0.381. The highest BCUT2D eigenvalue weighted by Gasteiger charge is 2.17. The molecule has 0 spiro atoms. The Morgan fingerprint density at radius 2 is 1.89 bits per heavy atom. The van der Waals surface area contributed by atoms with Crippen molar-refractivity contribution in [1.82, 2.24) is 4.90 Å². The lowest BCUT2D eigenvalue weighted by Gasteiger charge is -2.36. The van der Waals surface area contributed by atoms with Gasteiger partial charge < -0.3 is 20.7 Å². The van der Waals surface area contributed by atoms with Crippen LogP contribution in [0, 0.1) is 0 Å². The molecule has 2 aromatic carbocycles. The standard InChI is InChI=1S/C21H28N4O2/c1-27-18-7-4-6-17(16-18)25-14-12-24(13-15-25)11-5-10-23-20-9-3-2-8-19(20)21(22)26/h2-4,6-9,16,23H,5,10-15H2,1H3,(H2,22,26). The molecule has 1 heterocycles. The molecule has 1 amide bonds. The van der Waals surface area contributed by atoms with Crippen molar-refractivity contribution in [3.05, 3.63) is 54.1 Å². The van der Waals surface area contributed by atoms with Crippen molar-refractivity contribution >= 4 is 17.3 Å². The van der Waals surface area contributed by atoms with Crippen LogP contribution in [0.15, 0.2) is 48.5 Å². The van der Waals surface area contributed by atoms with E-state index in [1.54, 1.807) is 13.2 Å². The Morgan fingerprint density at radius 1 is 1.11 bits per heavy atom. The summed E-state index contributed by atoms with van der Waals surface area (Å²) in [7, 11) is 1.70. The number of amides is 1. The number of piperazine rings is 1. The molecular weight excluding hydrogens is 340 g/mol. The van der Waals surface area contributed by atoms with Crippen molar-refractivity contribution in [2.45, 2.75) is 6.42 Å². The first-order valence-corrected chi connectivity index (χ1v) is 9.41. The number of hydrogen-bond donors (Lipinski definition) is 2. The summed E-state index contributed by atoms with van der Waals surface area (Å²) >= 11 is 0. The highest BCUT2D eigenvalue weighted by atomic mass is 16.5. The second-order valence-electron chi connectivity index (χ2n) is 6.72. The van der Waals surface area contributed by atoms with Gasteiger partial charge in [-0.2, -0.15) is 0 Å². The summed E-state index contributed by atoms with van der Waals surface area (Å²) in [4.78, 5) is 16.3. The van der Waals surface area contributed by atoms with Gasteiger partial charge in [0.2, 0.25) is 0 Å². The number of nitrogens with two attached hydrogens (primary N) is 1. The third kappa shape index (κ3) is 5.14. The van der Waals surface area contributed by atoms with E-state index in [1.807, 2.05) is 30.3 Å². The van der Waals surface area contributed by atoms with Crippen molar-refractivity contribution in [1.29, 1.82) is 0 Å². The van der Waals surface area contributed by atoms with Crippen LogP contribution in [-0.2, 0) is 0 Å². The molecule has 0 atom stereocenters. The van der Waals surface area contributed by atoms with E-state index in [9.17, 15) is 4.79 Å². The molecule has 6 nitrogen and oxygen atoms in total. The Labute approximate surface area is 160 Å². The van der Waals surface area contributed by atoms with Gasteiger partial charge in [0.15, 0.2) is 0 Å². The van der Waals surface area contributed by atoms with Crippen LogP contribution in [0.1, 0.15) is 16.8 Å². The average Bonchev–Trinajstić information content (AvgIpc) is 2.72. The van der Waals surface area contributed by atoms with Crippen molar-refractivity contribution in [2.75, 3.05) is 56.6 Å². The van der Waals surface area contributed by atoms with Crippen LogP contribution in [0.2, 0.25) is 0 Å². The summed E-state index contributed by atoms with van der Waals surface area (Å²) in [6.07, 6.45) is 1.02. The average molecular weight is 368 g/mol. The molecule has 1 aliphatic rings. The maximum atomic E-state index is 11.5. The van der Waals surface area contributed by atoms with Crippen LogP contribution in [-0.4, -0.2) is 57.2 Å². The summed E-state index contributed by atoms with van der Waals surface area (Å²) in [6, 6.07) is 15.6. The van der Waals surface area contributed by atoms with Crippen molar-refractivity contribution in [3.63, 3.8) is 0 Å². The topological polar surface area (TPSA) is 70.8 Å². The zero-order chi connectivity index (χ0) is 19.1. The van der Waals surface area contributed by atoms with E-state index in [2.05, 4.69) is 27.2 Å². The molecule has 2 aromatic rings. The number of primary amides is 1. The van der Waals surface area contributed by atoms with E-state index >= 15 is 0 Å². The zero-order valence-corrected chi connectivity index (χ0v) is 15.9. The van der Waals surface area contributed by atoms with Gasteiger partial charge >= 0.3 is 0 Å². The predicted octanol–water partition coefficient (Wildman–Crippen LogP) is 2.42. The molecular formula is C21H28N4O2. The fourth-order valence-corrected chi connectivity index (χ4v) is 3.41. The van der Waals surface area contributed by atoms with Gasteiger partial charge in [-0.15, -0.1) is 0 Å². The largest absolute Gasteiger partial charge is 0.497 e. The van der Waals surface area contributed by atoms with Gasteiger partial charge in [-0.05, 0) is 37.2 Å². The number of carbonyl (C=O) groups is 1. The van der Waals surface area contributed by atoms with E-state index in [-0.39, 0.29) is 0 Å². The molecule has 0 unspecified atom stereocenters. The second-order valence-corrected chi connectivity index (χ2v) is 6.72. The molecule has 1 aliphatic heterocycles. The Kier molecular flexibility index (Phi) is 6.54. The predicted molar refractivity (Wildman–Crippen MR) is 110 cm³/mol. The van der Waals surface area contributed by atoms with Crippen molar-refractivity contribution < 1.29 is 9.53 Å². The van der Waals surface area contributed by atoms with Gasteiger partial charge in [0, 0.05) is 50.2 Å². The minimum Gasteiger partial charge on any atom is -0.497 e. The minimum absolute atomic E-state index is 0.397. The normalized spacial score (nSPS) is 14.8. The number of carbonyl (C=O) groups excluding carboxylic acids is 1. The lowest BCUT2D eigenvalue weighted by atomic mass is 10.1. The van der Waals surface area contributed by atoms with E-state index in [0.29, 0.717) is 5.56 Å².